The van der Waals surface area contributed by atoms with Crippen molar-refractivity contribution < 1.29 is 19.1 Å². The monoisotopic (exact) mass is 396 g/mol. The average molecular weight is 397 g/mol. The Morgan fingerprint density at radius 1 is 0.500 bits per heavy atom. The van der Waals surface area contributed by atoms with Gasteiger partial charge in [-0.3, -0.25) is 9.59 Å². The molecule has 0 spiro atoms. The molecule has 0 saturated heterocycles. The van der Waals surface area contributed by atoms with Crippen LogP contribution in [0.3, 0.4) is 0 Å². The summed E-state index contributed by atoms with van der Waals surface area (Å²) in [7, 11) is 0. The molecule has 0 aromatic rings. The Morgan fingerprint density at radius 2 is 0.786 bits per heavy atom. The SMILES string of the molecule is CC(=O)OCCCCCCCCC=CCCCCCCCCCCOC(C)=O. The normalized spacial score (nSPS) is 11.1. The third-order valence-electron chi connectivity index (χ3n) is 4.81. The molecule has 0 heterocycles. The van der Waals surface area contributed by atoms with Crippen LogP contribution in [0.25, 0.3) is 0 Å². The number of allylic oxidation sites excluding steroid dienone is 2. The predicted octanol–water partition coefficient (Wildman–Crippen LogP) is 6.91. The molecule has 4 nitrogen and oxygen atoms in total. The molecule has 0 N–H and O–H groups in total. The Balaban J connectivity index is 3.10. The van der Waals surface area contributed by atoms with E-state index in [2.05, 4.69) is 12.2 Å². The molecule has 0 amide bonds. The number of rotatable bonds is 20. The van der Waals surface area contributed by atoms with E-state index in [4.69, 9.17) is 9.47 Å². The Hall–Kier alpha value is -1.32. The van der Waals surface area contributed by atoms with Crippen molar-refractivity contribution in [3.8, 4) is 0 Å². The van der Waals surface area contributed by atoms with Gasteiger partial charge in [-0.1, -0.05) is 76.4 Å². The molecule has 0 bridgehead atoms. The second kappa shape index (κ2) is 22.0. The number of unbranched alkanes of at least 4 members (excludes halogenated alkanes) is 14. The van der Waals surface area contributed by atoms with Crippen molar-refractivity contribution in [2.24, 2.45) is 0 Å². The molecule has 0 radical (unpaired) electrons. The van der Waals surface area contributed by atoms with E-state index >= 15 is 0 Å². The van der Waals surface area contributed by atoms with Crippen molar-refractivity contribution >= 4 is 11.9 Å². The predicted molar refractivity (Wildman–Crippen MR) is 116 cm³/mol. The molecular weight excluding hydrogens is 352 g/mol. The zero-order chi connectivity index (χ0) is 20.7. The van der Waals surface area contributed by atoms with Crippen LogP contribution >= 0.6 is 0 Å². The second-order valence-corrected chi connectivity index (χ2v) is 7.68. The highest BCUT2D eigenvalue weighted by Crippen LogP contribution is 2.11. The molecule has 0 aliphatic carbocycles. The summed E-state index contributed by atoms with van der Waals surface area (Å²) in [5, 5.41) is 0. The van der Waals surface area contributed by atoms with Gasteiger partial charge < -0.3 is 9.47 Å². The summed E-state index contributed by atoms with van der Waals surface area (Å²) in [5.74, 6) is -0.338. The topological polar surface area (TPSA) is 52.6 Å². The first kappa shape index (κ1) is 26.7. The molecule has 0 rings (SSSR count). The highest BCUT2D eigenvalue weighted by molar-refractivity contribution is 5.66. The summed E-state index contributed by atoms with van der Waals surface area (Å²) in [6.45, 7) is 4.10. The number of hydrogen-bond donors (Lipinski definition) is 0. The van der Waals surface area contributed by atoms with Crippen LogP contribution < -0.4 is 0 Å². The van der Waals surface area contributed by atoms with Gasteiger partial charge in [0.2, 0.25) is 0 Å². The van der Waals surface area contributed by atoms with Gasteiger partial charge in [0.05, 0.1) is 13.2 Å². The molecule has 0 aliphatic rings. The maximum absolute atomic E-state index is 10.6. The van der Waals surface area contributed by atoms with Gasteiger partial charge in [-0.2, -0.15) is 0 Å². The largest absolute Gasteiger partial charge is 0.466 e. The van der Waals surface area contributed by atoms with E-state index in [9.17, 15) is 9.59 Å². The average Bonchev–Trinajstić information content (AvgIpc) is 2.65. The van der Waals surface area contributed by atoms with E-state index in [1.54, 1.807) is 0 Å². The minimum Gasteiger partial charge on any atom is -0.466 e. The van der Waals surface area contributed by atoms with Gasteiger partial charge in [0.25, 0.3) is 0 Å². The van der Waals surface area contributed by atoms with Crippen LogP contribution in [0, 0.1) is 0 Å². The Bertz CT molecular complexity index is 390. The van der Waals surface area contributed by atoms with Crippen molar-refractivity contribution in [2.75, 3.05) is 13.2 Å². The molecule has 28 heavy (non-hydrogen) atoms. The maximum atomic E-state index is 10.6. The van der Waals surface area contributed by atoms with Crippen LogP contribution in [0.15, 0.2) is 12.2 Å². The summed E-state index contributed by atoms with van der Waals surface area (Å²) in [4.78, 5) is 21.2. The zero-order valence-corrected chi connectivity index (χ0v) is 18.5. The van der Waals surface area contributed by atoms with Gasteiger partial charge in [0.15, 0.2) is 0 Å². The highest BCUT2D eigenvalue weighted by atomic mass is 16.5. The van der Waals surface area contributed by atoms with Gasteiger partial charge in [-0.15, -0.1) is 0 Å². The van der Waals surface area contributed by atoms with Crippen LogP contribution in [0.5, 0.6) is 0 Å². The van der Waals surface area contributed by atoms with Crippen molar-refractivity contribution in [2.45, 2.75) is 117 Å². The van der Waals surface area contributed by atoms with Crippen molar-refractivity contribution in [1.29, 1.82) is 0 Å². The van der Waals surface area contributed by atoms with Crippen LogP contribution in [0.2, 0.25) is 0 Å². The van der Waals surface area contributed by atoms with E-state index in [0.29, 0.717) is 13.2 Å². The van der Waals surface area contributed by atoms with Gasteiger partial charge in [-0.25, -0.2) is 0 Å². The van der Waals surface area contributed by atoms with E-state index in [-0.39, 0.29) is 11.9 Å². The third-order valence-corrected chi connectivity index (χ3v) is 4.81. The molecule has 0 fully saturated rings. The molecule has 0 atom stereocenters. The first-order chi connectivity index (χ1) is 13.6. The lowest BCUT2D eigenvalue weighted by molar-refractivity contribution is -0.142. The highest BCUT2D eigenvalue weighted by Gasteiger charge is 1.95. The summed E-state index contributed by atoms with van der Waals surface area (Å²) in [6, 6.07) is 0. The van der Waals surface area contributed by atoms with E-state index in [1.807, 2.05) is 0 Å². The number of carbonyl (C=O) groups excluding carboxylic acids is 2. The van der Waals surface area contributed by atoms with Crippen LogP contribution in [0.1, 0.15) is 117 Å². The third kappa shape index (κ3) is 24.7. The minimum atomic E-state index is -0.170. The maximum Gasteiger partial charge on any atom is 0.302 e. The summed E-state index contributed by atoms with van der Waals surface area (Å²) >= 11 is 0. The quantitative estimate of drug-likeness (QED) is 0.127. The van der Waals surface area contributed by atoms with E-state index in [1.165, 1.54) is 97.3 Å². The lowest BCUT2D eigenvalue weighted by atomic mass is 10.1. The molecule has 4 heteroatoms. The van der Waals surface area contributed by atoms with Gasteiger partial charge in [0.1, 0.15) is 0 Å². The van der Waals surface area contributed by atoms with Crippen molar-refractivity contribution in [1.82, 2.24) is 0 Å². The number of carbonyl (C=O) groups is 2. The fourth-order valence-corrected chi connectivity index (χ4v) is 3.16. The van der Waals surface area contributed by atoms with Gasteiger partial charge >= 0.3 is 11.9 Å². The van der Waals surface area contributed by atoms with E-state index < -0.39 is 0 Å². The van der Waals surface area contributed by atoms with Gasteiger partial charge in [0, 0.05) is 13.8 Å². The Morgan fingerprint density at radius 3 is 1.11 bits per heavy atom. The Kier molecular flexibility index (Phi) is 20.9. The first-order valence-corrected chi connectivity index (χ1v) is 11.5. The summed E-state index contributed by atoms with van der Waals surface area (Å²) < 4.78 is 9.85. The standard InChI is InChI=1S/C24H44O4/c1-23(25)27-21-19-17-15-13-11-9-7-5-3-4-6-8-10-12-14-16-18-20-22-28-24(2)26/h3,5H,4,6-22H2,1-2H3. The molecule has 0 aromatic carbocycles. The van der Waals surface area contributed by atoms with Crippen molar-refractivity contribution in [3.63, 3.8) is 0 Å². The Labute approximate surface area is 173 Å². The summed E-state index contributed by atoms with van der Waals surface area (Å²) in [5.41, 5.74) is 0. The smallest absolute Gasteiger partial charge is 0.302 e. The van der Waals surface area contributed by atoms with Crippen LogP contribution in [-0.4, -0.2) is 25.2 Å². The minimum absolute atomic E-state index is 0.168. The van der Waals surface area contributed by atoms with Crippen LogP contribution in [0.4, 0.5) is 0 Å². The lowest BCUT2D eigenvalue weighted by Gasteiger charge is -2.03. The van der Waals surface area contributed by atoms with E-state index in [0.717, 1.165) is 19.3 Å². The van der Waals surface area contributed by atoms with Crippen molar-refractivity contribution in [3.05, 3.63) is 12.2 Å². The number of ether oxygens (including phenoxy) is 2. The van der Waals surface area contributed by atoms with Crippen LogP contribution in [-0.2, 0) is 19.1 Å². The fraction of sp³-hybridized carbons (Fsp3) is 0.833. The summed E-state index contributed by atoms with van der Waals surface area (Å²) in [6.07, 6.45) is 24.5. The first-order valence-electron chi connectivity index (χ1n) is 11.5. The molecule has 0 saturated carbocycles. The second-order valence-electron chi connectivity index (χ2n) is 7.68. The number of esters is 2. The fourth-order valence-electron chi connectivity index (χ4n) is 3.16. The lowest BCUT2D eigenvalue weighted by Crippen LogP contribution is -2.00. The molecular formula is C24H44O4. The van der Waals surface area contributed by atoms with Gasteiger partial charge in [-0.05, 0) is 38.5 Å². The zero-order valence-electron chi connectivity index (χ0n) is 18.5. The molecule has 0 aromatic heterocycles. The number of hydrogen-bond acceptors (Lipinski definition) is 4. The molecule has 0 unspecified atom stereocenters. The molecule has 0 aliphatic heterocycles. The molecule has 164 valence electrons.